The van der Waals surface area contributed by atoms with E-state index in [0.717, 1.165) is 19.4 Å². The van der Waals surface area contributed by atoms with Gasteiger partial charge in [0, 0.05) is 24.2 Å². The minimum absolute atomic E-state index is 0.000467. The summed E-state index contributed by atoms with van der Waals surface area (Å²) in [5.41, 5.74) is 0.602. The third-order valence-corrected chi connectivity index (χ3v) is 5.29. The lowest BCUT2D eigenvalue weighted by atomic mass is 9.78. The zero-order valence-electron chi connectivity index (χ0n) is 14.1. The number of nitro benzene ring substituents is 1. The number of hydrogen-bond acceptors (Lipinski definition) is 4. The van der Waals surface area contributed by atoms with Crippen LogP contribution in [-0.4, -0.2) is 34.9 Å². The third-order valence-electron chi connectivity index (χ3n) is 5.29. The zero-order chi connectivity index (χ0) is 17.1. The van der Waals surface area contributed by atoms with Crippen LogP contribution in [0.1, 0.15) is 44.1 Å². The first kappa shape index (κ1) is 16.7. The Morgan fingerprint density at radius 1 is 1.29 bits per heavy atom. The fraction of sp³-hybridized carbons (Fsp3) is 0.611. The molecule has 6 heteroatoms. The Balaban J connectivity index is 1.60. The van der Waals surface area contributed by atoms with E-state index in [4.69, 9.17) is 4.74 Å². The second kappa shape index (κ2) is 7.20. The van der Waals surface area contributed by atoms with E-state index in [2.05, 4.69) is 0 Å². The molecule has 24 heavy (non-hydrogen) atoms. The molecule has 0 spiro atoms. The van der Waals surface area contributed by atoms with Crippen LogP contribution in [0, 0.1) is 23.0 Å². The smallest absolute Gasteiger partial charge is 0.272 e. The number of benzene rings is 1. The predicted octanol–water partition coefficient (Wildman–Crippen LogP) is 3.46. The highest BCUT2D eigenvalue weighted by atomic mass is 16.6. The molecule has 2 aliphatic rings. The van der Waals surface area contributed by atoms with Crippen LogP contribution in [0.3, 0.4) is 0 Å². The van der Waals surface area contributed by atoms with Gasteiger partial charge in [0.05, 0.1) is 4.92 Å². The van der Waals surface area contributed by atoms with Crippen molar-refractivity contribution >= 4 is 11.6 Å². The molecule has 3 rings (SSSR count). The van der Waals surface area contributed by atoms with E-state index in [-0.39, 0.29) is 18.2 Å². The van der Waals surface area contributed by atoms with Gasteiger partial charge in [0.2, 0.25) is 0 Å². The van der Waals surface area contributed by atoms with Crippen molar-refractivity contribution in [3.8, 4) is 5.75 Å². The van der Waals surface area contributed by atoms with Crippen LogP contribution in [0.2, 0.25) is 0 Å². The molecule has 2 fully saturated rings. The lowest BCUT2D eigenvalue weighted by Crippen LogP contribution is -2.51. The van der Waals surface area contributed by atoms with Crippen LogP contribution in [0.5, 0.6) is 5.75 Å². The predicted molar refractivity (Wildman–Crippen MR) is 90.0 cm³/mol. The van der Waals surface area contributed by atoms with E-state index in [0.29, 0.717) is 23.3 Å². The first-order chi connectivity index (χ1) is 11.6. The second-order valence-corrected chi connectivity index (χ2v) is 6.84. The summed E-state index contributed by atoms with van der Waals surface area (Å²) in [6, 6.07) is 4.97. The number of piperidine rings is 1. The Morgan fingerprint density at radius 3 is 2.79 bits per heavy atom. The molecule has 1 heterocycles. The van der Waals surface area contributed by atoms with Gasteiger partial charge in [-0.2, -0.15) is 0 Å². The van der Waals surface area contributed by atoms with E-state index in [9.17, 15) is 14.9 Å². The number of rotatable bonds is 4. The van der Waals surface area contributed by atoms with Gasteiger partial charge in [-0.15, -0.1) is 0 Å². The topological polar surface area (TPSA) is 72.7 Å². The summed E-state index contributed by atoms with van der Waals surface area (Å²) in [6.07, 6.45) is 7.12. The fourth-order valence-electron chi connectivity index (χ4n) is 4.08. The molecule has 6 nitrogen and oxygen atoms in total. The van der Waals surface area contributed by atoms with Crippen molar-refractivity contribution in [1.82, 2.24) is 4.90 Å². The van der Waals surface area contributed by atoms with E-state index in [1.165, 1.54) is 31.7 Å². The summed E-state index contributed by atoms with van der Waals surface area (Å²) in [6.45, 7) is 2.49. The van der Waals surface area contributed by atoms with Crippen LogP contribution in [-0.2, 0) is 4.79 Å². The number of likely N-dealkylation sites (tertiary alicyclic amines) is 1. The third kappa shape index (κ3) is 3.52. The highest BCUT2D eigenvalue weighted by Gasteiger charge is 2.35. The highest BCUT2D eigenvalue weighted by Crippen LogP contribution is 2.35. The maximum absolute atomic E-state index is 12.6. The normalized spacial score (nSPS) is 23.5. The van der Waals surface area contributed by atoms with Crippen LogP contribution >= 0.6 is 0 Å². The van der Waals surface area contributed by atoms with Gasteiger partial charge in [-0.3, -0.25) is 14.9 Å². The van der Waals surface area contributed by atoms with Crippen LogP contribution in [0.15, 0.2) is 18.2 Å². The van der Waals surface area contributed by atoms with Gasteiger partial charge in [-0.05, 0) is 50.7 Å². The van der Waals surface area contributed by atoms with Crippen molar-refractivity contribution in [2.24, 2.45) is 5.92 Å². The number of amides is 1. The van der Waals surface area contributed by atoms with Gasteiger partial charge in [0.1, 0.15) is 5.75 Å². The molecule has 2 unspecified atom stereocenters. The number of carbonyl (C=O) groups is 1. The molecule has 1 aromatic carbocycles. The summed E-state index contributed by atoms with van der Waals surface area (Å²) in [4.78, 5) is 25.0. The van der Waals surface area contributed by atoms with Crippen molar-refractivity contribution in [3.63, 3.8) is 0 Å². The molecule has 1 saturated carbocycles. The molecule has 1 aromatic rings. The zero-order valence-corrected chi connectivity index (χ0v) is 14.1. The molecular weight excluding hydrogens is 308 g/mol. The largest absolute Gasteiger partial charge is 0.484 e. The number of ether oxygens (including phenoxy) is 1. The molecule has 1 saturated heterocycles. The van der Waals surface area contributed by atoms with Gasteiger partial charge in [-0.25, -0.2) is 0 Å². The molecule has 0 N–H and O–H groups in total. The van der Waals surface area contributed by atoms with Gasteiger partial charge < -0.3 is 9.64 Å². The standard InChI is InChI=1S/C18H24N2O4/c1-13-11-15(8-9-16(13)20(22)23)24-12-18(21)19-10-4-6-14-5-2-3-7-17(14)19/h8-9,11,14,17H,2-7,10,12H2,1H3. The summed E-state index contributed by atoms with van der Waals surface area (Å²) < 4.78 is 5.60. The maximum atomic E-state index is 12.6. The van der Waals surface area contributed by atoms with Gasteiger partial charge in [0.15, 0.2) is 6.61 Å². The molecule has 0 aromatic heterocycles. The Hall–Kier alpha value is -2.11. The van der Waals surface area contributed by atoms with Crippen molar-refractivity contribution in [2.45, 2.75) is 51.5 Å². The average Bonchev–Trinajstić information content (AvgIpc) is 2.59. The Kier molecular flexibility index (Phi) is 5.02. The van der Waals surface area contributed by atoms with Crippen molar-refractivity contribution in [2.75, 3.05) is 13.2 Å². The summed E-state index contributed by atoms with van der Waals surface area (Å²) >= 11 is 0. The van der Waals surface area contributed by atoms with E-state index in [1.807, 2.05) is 4.90 Å². The molecule has 1 aliphatic carbocycles. The van der Waals surface area contributed by atoms with Crippen LogP contribution in [0.25, 0.3) is 0 Å². The van der Waals surface area contributed by atoms with Gasteiger partial charge >= 0.3 is 0 Å². The lowest BCUT2D eigenvalue weighted by molar-refractivity contribution is -0.385. The molecule has 1 aliphatic heterocycles. The molecular formula is C18H24N2O4. The first-order valence-electron chi connectivity index (χ1n) is 8.73. The van der Waals surface area contributed by atoms with Gasteiger partial charge in [0.25, 0.3) is 11.6 Å². The number of fused-ring (bicyclic) bond motifs is 1. The maximum Gasteiger partial charge on any atom is 0.272 e. The molecule has 0 radical (unpaired) electrons. The molecule has 130 valence electrons. The number of carbonyl (C=O) groups excluding carboxylic acids is 1. The minimum Gasteiger partial charge on any atom is -0.484 e. The van der Waals surface area contributed by atoms with Crippen LogP contribution in [0.4, 0.5) is 5.69 Å². The first-order valence-corrected chi connectivity index (χ1v) is 8.73. The van der Waals surface area contributed by atoms with Crippen molar-refractivity contribution in [1.29, 1.82) is 0 Å². The average molecular weight is 332 g/mol. The van der Waals surface area contributed by atoms with Gasteiger partial charge in [-0.1, -0.05) is 12.8 Å². The Labute approximate surface area is 141 Å². The summed E-state index contributed by atoms with van der Waals surface area (Å²) in [5.74, 6) is 1.18. The van der Waals surface area contributed by atoms with E-state index >= 15 is 0 Å². The highest BCUT2D eigenvalue weighted by molar-refractivity contribution is 5.78. The number of hydrogen-bond donors (Lipinski definition) is 0. The Morgan fingerprint density at radius 2 is 2.04 bits per heavy atom. The lowest BCUT2D eigenvalue weighted by Gasteiger charge is -2.44. The monoisotopic (exact) mass is 332 g/mol. The minimum atomic E-state index is -0.415. The number of aryl methyl sites for hydroxylation is 1. The molecule has 2 atom stereocenters. The fourth-order valence-corrected chi connectivity index (χ4v) is 4.08. The molecule has 1 amide bonds. The number of nitrogens with zero attached hydrogens (tertiary/aromatic N) is 2. The quantitative estimate of drug-likeness (QED) is 0.625. The molecule has 0 bridgehead atoms. The summed E-state index contributed by atoms with van der Waals surface area (Å²) in [7, 11) is 0. The van der Waals surface area contributed by atoms with Crippen molar-refractivity contribution in [3.05, 3.63) is 33.9 Å². The van der Waals surface area contributed by atoms with E-state index in [1.54, 1.807) is 19.1 Å². The number of nitro groups is 1. The second-order valence-electron chi connectivity index (χ2n) is 6.84. The van der Waals surface area contributed by atoms with Crippen molar-refractivity contribution < 1.29 is 14.5 Å². The SMILES string of the molecule is Cc1cc(OCC(=O)N2CCCC3CCCCC32)ccc1[N+](=O)[O-]. The van der Waals surface area contributed by atoms with E-state index < -0.39 is 4.92 Å². The Bertz CT molecular complexity index is 629. The summed E-state index contributed by atoms with van der Waals surface area (Å²) in [5, 5.41) is 10.8. The van der Waals surface area contributed by atoms with Crippen LogP contribution < -0.4 is 4.74 Å².